The molecule has 1 aromatic carbocycles. The summed E-state index contributed by atoms with van der Waals surface area (Å²) in [5.41, 5.74) is 0.214. The van der Waals surface area contributed by atoms with Gasteiger partial charge in [-0.15, -0.1) is 0 Å². The fourth-order valence-electron chi connectivity index (χ4n) is 3.90. The van der Waals surface area contributed by atoms with Crippen LogP contribution in [0.2, 0.25) is 5.02 Å². The summed E-state index contributed by atoms with van der Waals surface area (Å²) in [6, 6.07) is 11.0. The van der Waals surface area contributed by atoms with Crippen LogP contribution >= 0.6 is 11.6 Å². The molecule has 2 aromatic heterocycles. The van der Waals surface area contributed by atoms with Gasteiger partial charge in [-0.3, -0.25) is 9.59 Å². The number of hydrogen-bond acceptors (Lipinski definition) is 5. The summed E-state index contributed by atoms with van der Waals surface area (Å²) in [6.07, 6.45) is 4.57. The SMILES string of the molecule is CCCCCn1nc(C(=O)N2CCN(c3ccc(Cl)cn3)CC2)c2ccccc2c1=O. The number of aryl methyl sites for hydroxylation is 1. The van der Waals surface area contributed by atoms with Gasteiger partial charge in [0.05, 0.1) is 10.4 Å². The Kier molecular flexibility index (Phi) is 6.51. The molecule has 3 aromatic rings. The van der Waals surface area contributed by atoms with Crippen molar-refractivity contribution in [3.05, 3.63) is 63.7 Å². The Morgan fingerprint density at radius 3 is 2.45 bits per heavy atom. The second-order valence-electron chi connectivity index (χ2n) is 7.74. The number of nitrogens with zero attached hydrogens (tertiary/aromatic N) is 5. The number of pyridine rings is 1. The van der Waals surface area contributed by atoms with Gasteiger partial charge in [-0.1, -0.05) is 49.6 Å². The van der Waals surface area contributed by atoms with E-state index in [4.69, 9.17) is 11.6 Å². The first-order valence-electron chi connectivity index (χ1n) is 10.7. The van der Waals surface area contributed by atoms with Gasteiger partial charge in [0.25, 0.3) is 11.5 Å². The molecular formula is C23H26ClN5O2. The Morgan fingerprint density at radius 1 is 1.03 bits per heavy atom. The average molecular weight is 440 g/mol. The fraction of sp³-hybridized carbons (Fsp3) is 0.391. The lowest BCUT2D eigenvalue weighted by molar-refractivity contribution is 0.0740. The molecule has 1 fully saturated rings. The van der Waals surface area contributed by atoms with Gasteiger partial charge < -0.3 is 9.80 Å². The second kappa shape index (κ2) is 9.47. The number of amides is 1. The first-order valence-corrected chi connectivity index (χ1v) is 11.1. The summed E-state index contributed by atoms with van der Waals surface area (Å²) < 4.78 is 1.46. The summed E-state index contributed by atoms with van der Waals surface area (Å²) in [6.45, 7) is 5.11. The summed E-state index contributed by atoms with van der Waals surface area (Å²) >= 11 is 5.93. The minimum atomic E-state index is -0.137. The monoisotopic (exact) mass is 439 g/mol. The number of halogens is 1. The highest BCUT2D eigenvalue weighted by Gasteiger charge is 2.26. The Balaban J connectivity index is 1.56. The summed E-state index contributed by atoms with van der Waals surface area (Å²) in [5.74, 6) is 0.716. The molecule has 7 nitrogen and oxygen atoms in total. The maximum Gasteiger partial charge on any atom is 0.275 e. The molecule has 162 valence electrons. The molecule has 0 spiro atoms. The molecular weight excluding hydrogens is 414 g/mol. The largest absolute Gasteiger partial charge is 0.353 e. The molecule has 0 radical (unpaired) electrons. The molecule has 0 aliphatic carbocycles. The van der Waals surface area contributed by atoms with Gasteiger partial charge in [-0.2, -0.15) is 5.10 Å². The lowest BCUT2D eigenvalue weighted by Crippen LogP contribution is -2.49. The van der Waals surface area contributed by atoms with Crippen LogP contribution in [0.15, 0.2) is 47.4 Å². The number of rotatable bonds is 6. The van der Waals surface area contributed by atoms with E-state index in [0.717, 1.165) is 25.1 Å². The van der Waals surface area contributed by atoms with Crippen molar-refractivity contribution < 1.29 is 4.79 Å². The van der Waals surface area contributed by atoms with Gasteiger partial charge in [0.2, 0.25) is 0 Å². The van der Waals surface area contributed by atoms with Crippen molar-refractivity contribution in [2.45, 2.75) is 32.7 Å². The molecule has 4 rings (SSSR count). The molecule has 0 atom stereocenters. The van der Waals surface area contributed by atoms with E-state index in [1.165, 1.54) is 4.68 Å². The standard InChI is InChI=1S/C23H26ClN5O2/c1-2-3-6-11-29-22(30)19-8-5-4-7-18(19)21(26-29)23(31)28-14-12-27(13-15-28)20-10-9-17(24)16-25-20/h4-5,7-10,16H,2-3,6,11-15H2,1H3. The number of hydrogen-bond donors (Lipinski definition) is 0. The molecule has 1 saturated heterocycles. The molecule has 3 heterocycles. The quantitative estimate of drug-likeness (QED) is 0.549. The van der Waals surface area contributed by atoms with E-state index in [0.29, 0.717) is 54.2 Å². The lowest BCUT2D eigenvalue weighted by Gasteiger charge is -2.35. The first-order chi connectivity index (χ1) is 15.1. The molecule has 1 aliphatic rings. The maximum absolute atomic E-state index is 13.4. The van der Waals surface area contributed by atoms with E-state index < -0.39 is 0 Å². The summed E-state index contributed by atoms with van der Waals surface area (Å²) in [7, 11) is 0. The number of benzene rings is 1. The van der Waals surface area contributed by atoms with E-state index >= 15 is 0 Å². The van der Waals surface area contributed by atoms with Crippen molar-refractivity contribution in [3.8, 4) is 0 Å². The van der Waals surface area contributed by atoms with Crippen molar-refractivity contribution in [2.75, 3.05) is 31.1 Å². The van der Waals surface area contributed by atoms with Crippen molar-refractivity contribution in [1.29, 1.82) is 0 Å². The van der Waals surface area contributed by atoms with Crippen molar-refractivity contribution in [3.63, 3.8) is 0 Å². The number of unbranched alkanes of at least 4 members (excludes halogenated alkanes) is 2. The van der Waals surface area contributed by atoms with Gasteiger partial charge in [0.15, 0.2) is 5.69 Å². The zero-order valence-electron chi connectivity index (χ0n) is 17.6. The van der Waals surface area contributed by atoms with Crippen LogP contribution < -0.4 is 10.5 Å². The predicted molar refractivity (Wildman–Crippen MR) is 123 cm³/mol. The van der Waals surface area contributed by atoms with Gasteiger partial charge in [-0.05, 0) is 24.6 Å². The maximum atomic E-state index is 13.4. The number of fused-ring (bicyclic) bond motifs is 1. The van der Waals surface area contributed by atoms with Gasteiger partial charge in [0, 0.05) is 44.3 Å². The molecule has 0 unspecified atom stereocenters. The number of carbonyl (C=O) groups is 1. The summed E-state index contributed by atoms with van der Waals surface area (Å²) in [5, 5.41) is 6.27. The zero-order valence-corrected chi connectivity index (χ0v) is 18.4. The highest BCUT2D eigenvalue weighted by atomic mass is 35.5. The average Bonchev–Trinajstić information content (AvgIpc) is 2.81. The summed E-state index contributed by atoms with van der Waals surface area (Å²) in [4.78, 5) is 34.6. The normalized spacial score (nSPS) is 14.3. The van der Waals surface area contributed by atoms with Crippen LogP contribution in [0.1, 0.15) is 36.7 Å². The predicted octanol–water partition coefficient (Wildman–Crippen LogP) is 3.60. The topological polar surface area (TPSA) is 71.3 Å². The van der Waals surface area contributed by atoms with E-state index in [-0.39, 0.29) is 11.5 Å². The highest BCUT2D eigenvalue weighted by molar-refractivity contribution is 6.30. The van der Waals surface area contributed by atoms with Crippen LogP contribution in [0.25, 0.3) is 10.8 Å². The first kappa shape index (κ1) is 21.3. The Morgan fingerprint density at radius 2 is 1.77 bits per heavy atom. The third kappa shape index (κ3) is 4.56. The Hall–Kier alpha value is -2.93. The third-order valence-electron chi connectivity index (χ3n) is 5.65. The van der Waals surface area contributed by atoms with Gasteiger partial charge in [-0.25, -0.2) is 9.67 Å². The van der Waals surface area contributed by atoms with E-state index in [2.05, 4.69) is 21.9 Å². The van der Waals surface area contributed by atoms with Crippen molar-refractivity contribution in [1.82, 2.24) is 19.7 Å². The Labute approximate surface area is 186 Å². The number of piperazine rings is 1. The van der Waals surface area contributed by atoms with Crippen LogP contribution in [0.5, 0.6) is 0 Å². The number of anilines is 1. The molecule has 1 amide bonds. The second-order valence-corrected chi connectivity index (χ2v) is 8.18. The molecule has 1 aliphatic heterocycles. The van der Waals surface area contributed by atoms with Crippen molar-refractivity contribution >= 4 is 34.1 Å². The number of carbonyl (C=O) groups excluding carboxylic acids is 1. The van der Waals surface area contributed by atoms with Crippen LogP contribution in [0.3, 0.4) is 0 Å². The van der Waals surface area contributed by atoms with Crippen LogP contribution in [0.4, 0.5) is 5.82 Å². The molecule has 8 heteroatoms. The minimum absolute atomic E-state index is 0.135. The smallest absolute Gasteiger partial charge is 0.275 e. The van der Waals surface area contributed by atoms with Crippen LogP contribution in [0, 0.1) is 0 Å². The van der Waals surface area contributed by atoms with E-state index in [9.17, 15) is 9.59 Å². The van der Waals surface area contributed by atoms with Crippen LogP contribution in [-0.2, 0) is 6.54 Å². The van der Waals surface area contributed by atoms with E-state index in [1.54, 1.807) is 18.3 Å². The van der Waals surface area contributed by atoms with E-state index in [1.807, 2.05) is 29.2 Å². The zero-order chi connectivity index (χ0) is 21.8. The molecule has 0 N–H and O–H groups in total. The minimum Gasteiger partial charge on any atom is -0.353 e. The number of aromatic nitrogens is 3. The van der Waals surface area contributed by atoms with Crippen LogP contribution in [-0.4, -0.2) is 51.8 Å². The molecule has 31 heavy (non-hydrogen) atoms. The lowest BCUT2D eigenvalue weighted by atomic mass is 10.1. The molecule has 0 bridgehead atoms. The van der Waals surface area contributed by atoms with Crippen molar-refractivity contribution in [2.24, 2.45) is 0 Å². The molecule has 0 saturated carbocycles. The van der Waals surface area contributed by atoms with Gasteiger partial charge in [0.1, 0.15) is 5.82 Å². The highest BCUT2D eigenvalue weighted by Crippen LogP contribution is 2.19. The van der Waals surface area contributed by atoms with Gasteiger partial charge >= 0.3 is 0 Å². The fourth-order valence-corrected chi connectivity index (χ4v) is 4.01. The Bertz CT molecular complexity index is 1120. The third-order valence-corrected chi connectivity index (χ3v) is 5.87.